The zero-order chi connectivity index (χ0) is 23.4. The van der Waals surface area contributed by atoms with Gasteiger partial charge in [-0.05, 0) is 36.3 Å². The van der Waals surface area contributed by atoms with Crippen molar-refractivity contribution in [3.05, 3.63) is 89.5 Å². The van der Waals surface area contributed by atoms with Gasteiger partial charge in [-0.1, -0.05) is 77.6 Å². The number of aromatic hydroxyl groups is 2. The highest BCUT2D eigenvalue weighted by Crippen LogP contribution is 2.39. The Labute approximate surface area is 194 Å². The van der Waals surface area contributed by atoms with Crippen molar-refractivity contribution in [1.82, 2.24) is 4.98 Å². The highest BCUT2D eigenvalue weighted by atomic mass is 32.1. The lowest BCUT2D eigenvalue weighted by Gasteiger charge is -2.03. The number of phenols is 2. The number of nitriles is 1. The maximum absolute atomic E-state index is 12.8. The molecule has 1 heterocycles. The molecule has 0 spiro atoms. The summed E-state index contributed by atoms with van der Waals surface area (Å²) in [6, 6.07) is 23.7. The van der Waals surface area contributed by atoms with Gasteiger partial charge in [-0.2, -0.15) is 5.26 Å². The number of hydrogen-bond acceptors (Lipinski definition) is 6. The van der Waals surface area contributed by atoms with Gasteiger partial charge in [0.1, 0.15) is 11.6 Å². The third-order valence-electron chi connectivity index (χ3n) is 4.88. The molecule has 4 rings (SSSR count). The molecule has 0 aliphatic carbocycles. The van der Waals surface area contributed by atoms with Crippen LogP contribution in [-0.4, -0.2) is 21.1 Å². The van der Waals surface area contributed by atoms with Crippen LogP contribution in [0.1, 0.15) is 11.1 Å². The predicted molar refractivity (Wildman–Crippen MR) is 130 cm³/mol. The quantitative estimate of drug-likeness (QED) is 0.203. The topological polar surface area (TPSA) is 106 Å². The Hall–Kier alpha value is -4.41. The number of aromatic nitrogens is 1. The van der Waals surface area contributed by atoms with Crippen LogP contribution in [0.3, 0.4) is 0 Å². The first kappa shape index (κ1) is 21.8. The summed E-state index contributed by atoms with van der Waals surface area (Å²) in [5, 5.41) is 31.7. The molecule has 0 aliphatic heterocycles. The van der Waals surface area contributed by atoms with E-state index in [4.69, 9.17) is 0 Å². The Bertz CT molecular complexity index is 1380. The first-order valence-corrected chi connectivity index (χ1v) is 10.8. The molecule has 4 aromatic rings. The van der Waals surface area contributed by atoms with Crippen molar-refractivity contribution in [3.63, 3.8) is 0 Å². The van der Waals surface area contributed by atoms with Gasteiger partial charge >= 0.3 is 0 Å². The highest BCUT2D eigenvalue weighted by molar-refractivity contribution is 7.19. The van der Waals surface area contributed by atoms with Gasteiger partial charge in [0.05, 0.1) is 10.6 Å². The zero-order valence-electron chi connectivity index (χ0n) is 17.6. The second-order valence-corrected chi connectivity index (χ2v) is 8.30. The SMILES string of the molecule is Cc1ccc(-c2sc(NC(=O)/C(C#N)=C/c3ccc(O)c(O)c3)nc2-c2ccccc2)cc1. The van der Waals surface area contributed by atoms with E-state index in [9.17, 15) is 20.3 Å². The molecule has 33 heavy (non-hydrogen) atoms. The molecule has 0 aliphatic rings. The third-order valence-corrected chi connectivity index (χ3v) is 5.90. The number of rotatable bonds is 5. The van der Waals surface area contributed by atoms with Crippen molar-refractivity contribution in [1.29, 1.82) is 5.26 Å². The minimum absolute atomic E-state index is 0.159. The van der Waals surface area contributed by atoms with Crippen LogP contribution < -0.4 is 5.32 Å². The first-order chi connectivity index (χ1) is 15.9. The first-order valence-electron chi connectivity index (χ1n) is 10.0. The number of nitrogens with one attached hydrogen (secondary N) is 1. The van der Waals surface area contributed by atoms with E-state index in [0.29, 0.717) is 10.7 Å². The molecule has 0 atom stereocenters. The van der Waals surface area contributed by atoms with Crippen molar-refractivity contribution in [3.8, 4) is 39.3 Å². The lowest BCUT2D eigenvalue weighted by atomic mass is 10.1. The fourth-order valence-corrected chi connectivity index (χ4v) is 4.16. The van der Waals surface area contributed by atoms with E-state index >= 15 is 0 Å². The standard InChI is InChI=1S/C26H19N3O3S/c1-16-7-10-19(11-8-16)24-23(18-5-3-2-4-6-18)28-26(33-24)29-25(32)20(15-27)13-17-9-12-21(30)22(31)14-17/h2-14,30-31H,1H3,(H,28,29,32)/b20-13+. The number of amides is 1. The minimum Gasteiger partial charge on any atom is -0.504 e. The Morgan fingerprint density at radius 1 is 1.00 bits per heavy atom. The van der Waals surface area contributed by atoms with Crippen molar-refractivity contribution in [2.75, 3.05) is 5.32 Å². The van der Waals surface area contributed by atoms with Crippen molar-refractivity contribution in [2.24, 2.45) is 0 Å². The largest absolute Gasteiger partial charge is 0.504 e. The summed E-state index contributed by atoms with van der Waals surface area (Å²) in [6.45, 7) is 2.02. The van der Waals surface area contributed by atoms with Gasteiger partial charge in [0.25, 0.3) is 5.91 Å². The van der Waals surface area contributed by atoms with Crippen LogP contribution in [0.25, 0.3) is 27.8 Å². The van der Waals surface area contributed by atoms with Crippen LogP contribution in [0.15, 0.2) is 78.4 Å². The number of anilines is 1. The molecule has 0 saturated heterocycles. The van der Waals surface area contributed by atoms with Crippen LogP contribution in [0, 0.1) is 18.3 Å². The van der Waals surface area contributed by atoms with E-state index in [1.165, 1.54) is 35.6 Å². The maximum Gasteiger partial charge on any atom is 0.268 e. The van der Waals surface area contributed by atoms with Crippen LogP contribution >= 0.6 is 11.3 Å². The third kappa shape index (κ3) is 4.92. The van der Waals surface area contributed by atoms with E-state index in [1.54, 1.807) is 0 Å². The Morgan fingerprint density at radius 2 is 1.73 bits per heavy atom. The number of benzene rings is 3. The molecule has 3 N–H and O–H groups in total. The van der Waals surface area contributed by atoms with Crippen LogP contribution in [-0.2, 0) is 4.79 Å². The predicted octanol–water partition coefficient (Wildman–Crippen LogP) is 5.74. The molecule has 0 radical (unpaired) electrons. The molecular formula is C26H19N3O3S. The number of phenolic OH excluding ortho intramolecular Hbond substituents is 2. The summed E-state index contributed by atoms with van der Waals surface area (Å²) in [7, 11) is 0. The maximum atomic E-state index is 12.8. The Balaban J connectivity index is 1.68. The summed E-state index contributed by atoms with van der Waals surface area (Å²) in [5.41, 5.74) is 4.02. The molecule has 7 heteroatoms. The average Bonchev–Trinajstić information content (AvgIpc) is 3.24. The van der Waals surface area contributed by atoms with Gasteiger partial charge in [-0.3, -0.25) is 10.1 Å². The van der Waals surface area contributed by atoms with Gasteiger partial charge < -0.3 is 10.2 Å². The Kier molecular flexibility index (Phi) is 6.20. The molecular weight excluding hydrogens is 434 g/mol. The number of carbonyl (C=O) groups excluding carboxylic acids is 1. The summed E-state index contributed by atoms with van der Waals surface area (Å²) in [5.74, 6) is -1.24. The molecule has 1 amide bonds. The van der Waals surface area contributed by atoms with Gasteiger partial charge in [0, 0.05) is 5.56 Å². The number of thiazole rings is 1. The lowest BCUT2D eigenvalue weighted by Crippen LogP contribution is -2.13. The average molecular weight is 454 g/mol. The minimum atomic E-state index is -0.617. The van der Waals surface area contributed by atoms with Crippen molar-refractivity contribution < 1.29 is 15.0 Å². The number of aryl methyl sites for hydroxylation is 1. The molecule has 3 aromatic carbocycles. The molecule has 0 unspecified atom stereocenters. The normalized spacial score (nSPS) is 11.1. The molecule has 162 valence electrons. The van der Waals surface area contributed by atoms with Crippen LogP contribution in [0.2, 0.25) is 0 Å². The number of carbonyl (C=O) groups is 1. The van der Waals surface area contributed by atoms with E-state index in [2.05, 4.69) is 10.3 Å². The van der Waals surface area contributed by atoms with Crippen molar-refractivity contribution in [2.45, 2.75) is 6.92 Å². The van der Waals surface area contributed by atoms with Gasteiger partial charge in [0.15, 0.2) is 16.6 Å². The van der Waals surface area contributed by atoms with Gasteiger partial charge in [0.2, 0.25) is 0 Å². The lowest BCUT2D eigenvalue weighted by molar-refractivity contribution is -0.112. The summed E-state index contributed by atoms with van der Waals surface area (Å²) in [6.07, 6.45) is 1.33. The molecule has 0 fully saturated rings. The van der Waals surface area contributed by atoms with Crippen LogP contribution in [0.4, 0.5) is 5.13 Å². The van der Waals surface area contributed by atoms with E-state index in [0.717, 1.165) is 27.3 Å². The Morgan fingerprint density at radius 3 is 2.39 bits per heavy atom. The highest BCUT2D eigenvalue weighted by Gasteiger charge is 2.18. The fourth-order valence-electron chi connectivity index (χ4n) is 3.18. The fraction of sp³-hybridized carbons (Fsp3) is 0.0385. The number of hydrogen-bond donors (Lipinski definition) is 3. The van der Waals surface area contributed by atoms with Gasteiger partial charge in [-0.25, -0.2) is 4.98 Å². The second kappa shape index (κ2) is 9.39. The second-order valence-electron chi connectivity index (χ2n) is 7.30. The van der Waals surface area contributed by atoms with Gasteiger partial charge in [-0.15, -0.1) is 0 Å². The smallest absolute Gasteiger partial charge is 0.268 e. The molecule has 0 bridgehead atoms. The molecule has 6 nitrogen and oxygen atoms in total. The van der Waals surface area contributed by atoms with E-state index in [-0.39, 0.29) is 17.1 Å². The van der Waals surface area contributed by atoms with Crippen molar-refractivity contribution >= 4 is 28.5 Å². The number of nitrogens with zero attached hydrogens (tertiary/aromatic N) is 2. The zero-order valence-corrected chi connectivity index (χ0v) is 18.4. The summed E-state index contributed by atoms with van der Waals surface area (Å²) < 4.78 is 0. The summed E-state index contributed by atoms with van der Waals surface area (Å²) >= 11 is 1.33. The van der Waals surface area contributed by atoms with E-state index in [1.807, 2.05) is 67.6 Å². The summed E-state index contributed by atoms with van der Waals surface area (Å²) in [4.78, 5) is 18.3. The monoisotopic (exact) mass is 453 g/mol. The molecule has 0 saturated carbocycles. The van der Waals surface area contributed by atoms with E-state index < -0.39 is 5.91 Å². The van der Waals surface area contributed by atoms with Crippen LogP contribution in [0.5, 0.6) is 11.5 Å². The molecule has 1 aromatic heterocycles.